The van der Waals surface area contributed by atoms with E-state index in [-0.39, 0.29) is 5.96 Å². The minimum atomic E-state index is 0.218. The molecule has 1 aliphatic rings. The van der Waals surface area contributed by atoms with E-state index in [0.29, 0.717) is 6.67 Å². The third kappa shape index (κ3) is 0.263. The Kier molecular flexibility index (Phi) is 0.567. The van der Waals surface area contributed by atoms with Gasteiger partial charge in [0.2, 0.25) is 0 Å². The van der Waals surface area contributed by atoms with E-state index in [4.69, 9.17) is 0 Å². The van der Waals surface area contributed by atoms with E-state index < -0.39 is 0 Å². The van der Waals surface area contributed by atoms with E-state index in [1.807, 2.05) is 0 Å². The summed E-state index contributed by atoms with van der Waals surface area (Å²) in [6.45, 7) is 0.543. The Morgan fingerprint density at radius 1 is 2.00 bits per heavy atom. The van der Waals surface area contributed by atoms with Crippen molar-refractivity contribution in [2.24, 2.45) is 10.2 Å². The van der Waals surface area contributed by atoms with Crippen LogP contribution < -0.4 is 5.32 Å². The lowest BCUT2D eigenvalue weighted by Crippen LogP contribution is -2.31. The fourth-order valence-electron chi connectivity index (χ4n) is 0.211. The molecule has 1 rings (SSSR count). The summed E-state index contributed by atoms with van der Waals surface area (Å²) >= 11 is 0. The highest BCUT2D eigenvalue weighted by Crippen LogP contribution is 1.83. The van der Waals surface area contributed by atoms with Crippen LogP contribution in [0.5, 0.6) is 0 Å². The second-order valence-electron chi connectivity index (χ2n) is 0.908. The zero-order valence-corrected chi connectivity index (χ0v) is 3.01. The van der Waals surface area contributed by atoms with Crippen LogP contribution in [0.4, 0.5) is 0 Å². The molecule has 0 bridgehead atoms. The van der Waals surface area contributed by atoms with E-state index in [1.54, 1.807) is 0 Å². The van der Waals surface area contributed by atoms with Gasteiger partial charge in [-0.25, -0.2) is 4.99 Å². The molecular weight excluding hydrogens is 82.0 g/mol. The molecule has 1 heterocycles. The zero-order chi connectivity index (χ0) is 4.41. The van der Waals surface area contributed by atoms with E-state index in [1.165, 1.54) is 0 Å². The number of rotatable bonds is 0. The van der Waals surface area contributed by atoms with Crippen LogP contribution in [-0.2, 0) is 0 Å². The summed E-state index contributed by atoms with van der Waals surface area (Å²) in [5.74, 6) is 0.218. The Labute approximate surface area is 34.2 Å². The number of guanidine groups is 1. The van der Waals surface area contributed by atoms with E-state index in [9.17, 15) is 4.91 Å². The summed E-state index contributed by atoms with van der Waals surface area (Å²) in [6.07, 6.45) is 0. The maximum Gasteiger partial charge on any atom is 0.263 e. The molecule has 0 aromatic carbocycles. The SMILES string of the molecule is O=NC1=NCN1. The first kappa shape index (κ1) is 3.27. The largest absolute Gasteiger partial charge is 0.332 e. The van der Waals surface area contributed by atoms with Crippen molar-refractivity contribution < 1.29 is 0 Å². The molecule has 4 nitrogen and oxygen atoms in total. The van der Waals surface area contributed by atoms with Crippen LogP contribution in [0.1, 0.15) is 0 Å². The first-order chi connectivity index (χ1) is 2.93. The molecule has 0 radical (unpaired) electrons. The van der Waals surface area contributed by atoms with E-state index >= 15 is 0 Å². The normalized spacial score (nSPS) is 17.0. The number of nitrogens with zero attached hydrogens (tertiary/aromatic N) is 2. The molecule has 0 aromatic heterocycles. The second-order valence-corrected chi connectivity index (χ2v) is 0.908. The minimum Gasteiger partial charge on any atom is -0.332 e. The molecule has 0 aromatic rings. The molecule has 0 saturated heterocycles. The summed E-state index contributed by atoms with van der Waals surface area (Å²) in [5.41, 5.74) is 0. The first-order valence-corrected chi connectivity index (χ1v) is 1.55. The van der Waals surface area contributed by atoms with Crippen LogP contribution >= 0.6 is 0 Å². The van der Waals surface area contributed by atoms with Crippen LogP contribution in [0.3, 0.4) is 0 Å². The minimum absolute atomic E-state index is 0.218. The molecule has 0 saturated carbocycles. The highest BCUT2D eigenvalue weighted by Gasteiger charge is 2.02. The van der Waals surface area contributed by atoms with Gasteiger partial charge < -0.3 is 5.32 Å². The quantitative estimate of drug-likeness (QED) is 0.409. The summed E-state index contributed by atoms with van der Waals surface area (Å²) in [7, 11) is 0. The highest BCUT2D eigenvalue weighted by atomic mass is 16.3. The Bertz CT molecular complexity index is 97.0. The molecule has 0 amide bonds. The molecule has 0 aliphatic carbocycles. The second kappa shape index (κ2) is 1.04. The number of aliphatic imine (C=N–C) groups is 1. The van der Waals surface area contributed by atoms with Gasteiger partial charge in [0, 0.05) is 5.18 Å². The van der Waals surface area contributed by atoms with Crippen LogP contribution in [0.15, 0.2) is 10.2 Å². The highest BCUT2D eigenvalue weighted by molar-refractivity contribution is 5.83. The fraction of sp³-hybridized carbons (Fsp3) is 0.500. The molecule has 32 valence electrons. The summed E-state index contributed by atoms with van der Waals surface area (Å²) in [5, 5.41) is 5.05. The number of hydrogen-bond donors (Lipinski definition) is 1. The van der Waals surface area contributed by atoms with Crippen molar-refractivity contribution >= 4 is 5.96 Å². The molecule has 4 heteroatoms. The third-order valence-electron chi connectivity index (χ3n) is 0.552. The van der Waals surface area contributed by atoms with Gasteiger partial charge in [0.1, 0.15) is 6.67 Å². The Hall–Kier alpha value is -0.930. The molecule has 1 N–H and O–H groups in total. The van der Waals surface area contributed by atoms with Gasteiger partial charge in [0.05, 0.1) is 0 Å². The van der Waals surface area contributed by atoms with E-state index in [2.05, 4.69) is 15.5 Å². The predicted octanol–water partition coefficient (Wildman–Crippen LogP) is -0.330. The van der Waals surface area contributed by atoms with Crippen molar-refractivity contribution in [3.63, 3.8) is 0 Å². The van der Waals surface area contributed by atoms with Gasteiger partial charge in [-0.05, 0) is 0 Å². The summed E-state index contributed by atoms with van der Waals surface area (Å²) < 4.78 is 0. The number of nitroso groups, excluding NO2 is 1. The number of hydrogen-bond acceptors (Lipinski definition) is 4. The van der Waals surface area contributed by atoms with Gasteiger partial charge in [-0.3, -0.25) is 0 Å². The van der Waals surface area contributed by atoms with Gasteiger partial charge in [-0.2, -0.15) is 0 Å². The predicted molar refractivity (Wildman–Crippen MR) is 21.2 cm³/mol. The topological polar surface area (TPSA) is 53.8 Å². The zero-order valence-electron chi connectivity index (χ0n) is 3.01. The standard InChI is InChI=1S/C2H3N3O/c6-5-2-3-1-4-2/h1H2,(H,3,4). The maximum atomic E-state index is 9.34. The lowest BCUT2D eigenvalue weighted by atomic mass is 10.8. The van der Waals surface area contributed by atoms with Crippen LogP contribution in [-0.4, -0.2) is 12.6 Å². The Morgan fingerprint density at radius 2 is 2.67 bits per heavy atom. The van der Waals surface area contributed by atoms with Crippen LogP contribution in [0, 0.1) is 4.91 Å². The van der Waals surface area contributed by atoms with Crippen LogP contribution in [0.2, 0.25) is 0 Å². The van der Waals surface area contributed by atoms with E-state index in [0.717, 1.165) is 0 Å². The molecule has 0 atom stereocenters. The van der Waals surface area contributed by atoms with Crippen molar-refractivity contribution in [3.8, 4) is 0 Å². The lowest BCUT2D eigenvalue weighted by molar-refractivity contribution is 0.821. The van der Waals surface area contributed by atoms with Crippen molar-refractivity contribution in [3.05, 3.63) is 4.91 Å². The van der Waals surface area contributed by atoms with Gasteiger partial charge in [0.15, 0.2) is 0 Å². The summed E-state index contributed by atoms with van der Waals surface area (Å²) in [6, 6.07) is 0. The van der Waals surface area contributed by atoms with Crippen molar-refractivity contribution in [1.29, 1.82) is 0 Å². The van der Waals surface area contributed by atoms with Gasteiger partial charge in [0.25, 0.3) is 5.96 Å². The average Bonchev–Trinajstić information content (AvgIpc) is 1.31. The smallest absolute Gasteiger partial charge is 0.263 e. The van der Waals surface area contributed by atoms with Gasteiger partial charge in [-0.15, -0.1) is 4.91 Å². The van der Waals surface area contributed by atoms with Crippen LogP contribution in [0.25, 0.3) is 0 Å². The Balaban J connectivity index is 2.52. The monoisotopic (exact) mass is 85.0 g/mol. The fourth-order valence-corrected chi connectivity index (χ4v) is 0.211. The molecule has 0 spiro atoms. The van der Waals surface area contributed by atoms with Gasteiger partial charge >= 0.3 is 0 Å². The average molecular weight is 85.1 g/mol. The third-order valence-corrected chi connectivity index (χ3v) is 0.552. The van der Waals surface area contributed by atoms with Crippen molar-refractivity contribution in [1.82, 2.24) is 5.32 Å². The Morgan fingerprint density at radius 3 is 2.67 bits per heavy atom. The molecule has 1 aliphatic heterocycles. The lowest BCUT2D eigenvalue weighted by Gasteiger charge is -2.05. The maximum absolute atomic E-state index is 9.34. The summed E-state index contributed by atoms with van der Waals surface area (Å²) in [4.78, 5) is 12.9. The molecule has 0 unspecified atom stereocenters. The van der Waals surface area contributed by atoms with Crippen molar-refractivity contribution in [2.45, 2.75) is 0 Å². The molecular formula is C2H3N3O. The number of nitrogens with one attached hydrogen (secondary N) is 1. The molecule has 0 fully saturated rings. The van der Waals surface area contributed by atoms with Crippen molar-refractivity contribution in [2.75, 3.05) is 6.67 Å². The van der Waals surface area contributed by atoms with Gasteiger partial charge in [-0.1, -0.05) is 0 Å². The first-order valence-electron chi connectivity index (χ1n) is 1.55. The molecule has 6 heavy (non-hydrogen) atoms.